The van der Waals surface area contributed by atoms with Gasteiger partial charge in [0.2, 0.25) is 0 Å². The van der Waals surface area contributed by atoms with E-state index in [1.807, 2.05) is 57.9 Å². The van der Waals surface area contributed by atoms with Crippen LogP contribution in [0.5, 0.6) is 5.75 Å². The Labute approximate surface area is 200 Å². The van der Waals surface area contributed by atoms with Crippen molar-refractivity contribution in [2.24, 2.45) is 7.05 Å². The molecule has 0 radical (unpaired) electrons. The van der Waals surface area contributed by atoms with E-state index >= 15 is 0 Å². The fourth-order valence-electron chi connectivity index (χ4n) is 3.79. The molecule has 4 rings (SSSR count). The second kappa shape index (κ2) is 9.77. The highest BCUT2D eigenvalue weighted by atomic mass is 16.5. The van der Waals surface area contributed by atoms with Crippen molar-refractivity contribution in [3.8, 4) is 16.9 Å². The van der Waals surface area contributed by atoms with Gasteiger partial charge in [-0.2, -0.15) is 5.10 Å². The summed E-state index contributed by atoms with van der Waals surface area (Å²) in [6.07, 6.45) is 6.19. The zero-order valence-corrected chi connectivity index (χ0v) is 20.7. The summed E-state index contributed by atoms with van der Waals surface area (Å²) < 4.78 is 13.3. The van der Waals surface area contributed by atoms with Crippen LogP contribution in [0.1, 0.15) is 37.9 Å². The van der Waals surface area contributed by atoms with Crippen molar-refractivity contribution < 1.29 is 9.47 Å². The third-order valence-electron chi connectivity index (χ3n) is 5.82. The van der Waals surface area contributed by atoms with E-state index < -0.39 is 0 Å². The molecule has 8 nitrogen and oxygen atoms in total. The highest BCUT2D eigenvalue weighted by Crippen LogP contribution is 2.30. The molecule has 1 aromatic carbocycles. The molecule has 0 aliphatic rings. The summed E-state index contributed by atoms with van der Waals surface area (Å²) in [5.41, 5.74) is 4.66. The van der Waals surface area contributed by atoms with Gasteiger partial charge in [0, 0.05) is 62.2 Å². The lowest BCUT2D eigenvalue weighted by Gasteiger charge is -2.23. The maximum Gasteiger partial charge on any atom is 0.152 e. The number of nitrogens with zero attached hydrogens (tertiary/aromatic N) is 5. The summed E-state index contributed by atoms with van der Waals surface area (Å²) in [5.74, 6) is 2.26. The quantitative estimate of drug-likeness (QED) is 0.392. The molecular formula is C26H32N6O2. The van der Waals surface area contributed by atoms with E-state index in [4.69, 9.17) is 14.5 Å². The number of benzene rings is 1. The Balaban J connectivity index is 1.65. The van der Waals surface area contributed by atoms with Gasteiger partial charge in [0.15, 0.2) is 5.82 Å². The van der Waals surface area contributed by atoms with E-state index in [1.54, 1.807) is 13.3 Å². The summed E-state index contributed by atoms with van der Waals surface area (Å²) in [5, 5.41) is 8.77. The number of ether oxygens (including phenoxy) is 2. The number of aryl methyl sites for hydroxylation is 2. The van der Waals surface area contributed by atoms with Crippen molar-refractivity contribution in [2.45, 2.75) is 39.7 Å². The number of hydrogen-bond donors (Lipinski definition) is 1. The van der Waals surface area contributed by atoms with Gasteiger partial charge in [0.1, 0.15) is 17.1 Å². The van der Waals surface area contributed by atoms with Crippen molar-refractivity contribution in [3.05, 3.63) is 59.9 Å². The molecule has 0 spiro atoms. The molecular weight excluding hydrogens is 428 g/mol. The highest BCUT2D eigenvalue weighted by Gasteiger charge is 2.18. The summed E-state index contributed by atoms with van der Waals surface area (Å²) in [7, 11) is 3.63. The van der Waals surface area contributed by atoms with Crippen LogP contribution in [0.2, 0.25) is 0 Å². The second-order valence-corrected chi connectivity index (χ2v) is 8.94. The van der Waals surface area contributed by atoms with Gasteiger partial charge in [-0.1, -0.05) is 12.1 Å². The SMILES string of the molecule is CCOc1cc(-c2cn(C)nc2C)ccc1Cc1ncc2ccnc(NCC(C)(C)OC)c2n1. The van der Waals surface area contributed by atoms with Gasteiger partial charge < -0.3 is 14.8 Å². The summed E-state index contributed by atoms with van der Waals surface area (Å²) in [4.78, 5) is 14.0. The number of aromatic nitrogens is 5. The third kappa shape index (κ3) is 5.17. The lowest BCUT2D eigenvalue weighted by atomic mass is 10.0. The Hall–Kier alpha value is -3.52. The monoisotopic (exact) mass is 460 g/mol. The first-order chi connectivity index (χ1) is 16.3. The first-order valence-electron chi connectivity index (χ1n) is 11.5. The third-order valence-corrected chi connectivity index (χ3v) is 5.82. The molecule has 0 unspecified atom stereocenters. The molecule has 0 aliphatic heterocycles. The number of nitrogens with one attached hydrogen (secondary N) is 1. The molecule has 0 saturated carbocycles. The Morgan fingerprint density at radius 3 is 2.68 bits per heavy atom. The molecule has 34 heavy (non-hydrogen) atoms. The van der Waals surface area contributed by atoms with Crippen LogP contribution in [0.3, 0.4) is 0 Å². The van der Waals surface area contributed by atoms with Gasteiger partial charge in [0.25, 0.3) is 0 Å². The van der Waals surface area contributed by atoms with Crippen molar-refractivity contribution >= 4 is 16.7 Å². The van der Waals surface area contributed by atoms with E-state index in [-0.39, 0.29) is 5.60 Å². The number of methoxy groups -OCH3 is 1. The van der Waals surface area contributed by atoms with E-state index in [9.17, 15) is 0 Å². The molecule has 0 fully saturated rings. The van der Waals surface area contributed by atoms with Gasteiger partial charge in [-0.15, -0.1) is 0 Å². The van der Waals surface area contributed by atoms with Crippen LogP contribution in [-0.2, 0) is 18.2 Å². The van der Waals surface area contributed by atoms with Crippen molar-refractivity contribution in [1.82, 2.24) is 24.7 Å². The van der Waals surface area contributed by atoms with Crippen LogP contribution in [0, 0.1) is 6.92 Å². The molecule has 178 valence electrons. The van der Waals surface area contributed by atoms with Crippen LogP contribution in [0.25, 0.3) is 22.0 Å². The van der Waals surface area contributed by atoms with E-state index in [0.717, 1.165) is 44.9 Å². The fourth-order valence-corrected chi connectivity index (χ4v) is 3.79. The topological polar surface area (TPSA) is 87.0 Å². The molecule has 0 amide bonds. The fraction of sp³-hybridized carbons (Fsp3) is 0.385. The largest absolute Gasteiger partial charge is 0.494 e. The Morgan fingerprint density at radius 2 is 1.97 bits per heavy atom. The summed E-state index contributed by atoms with van der Waals surface area (Å²) >= 11 is 0. The minimum atomic E-state index is -0.319. The zero-order valence-electron chi connectivity index (χ0n) is 20.7. The number of pyridine rings is 1. The Kier molecular flexibility index (Phi) is 6.79. The first-order valence-corrected chi connectivity index (χ1v) is 11.5. The van der Waals surface area contributed by atoms with Gasteiger partial charge in [0.05, 0.1) is 17.9 Å². The molecule has 3 aromatic heterocycles. The predicted octanol–water partition coefficient (Wildman–Crippen LogP) is 4.56. The lowest BCUT2D eigenvalue weighted by molar-refractivity contribution is 0.0343. The molecule has 3 heterocycles. The standard InChI is InChI=1S/C26H32N6O2/c1-7-34-22-12-18(21-15-32(5)31-17(21)2)8-9-19(22)13-23-28-14-20-10-11-27-25(24(20)30-23)29-16-26(3,4)33-6/h8-12,14-15H,7,13,16H2,1-6H3,(H,27,29). The minimum Gasteiger partial charge on any atom is -0.494 e. The maximum atomic E-state index is 6.00. The van der Waals surface area contributed by atoms with Crippen molar-refractivity contribution in [2.75, 3.05) is 25.6 Å². The smallest absolute Gasteiger partial charge is 0.152 e. The molecule has 8 heteroatoms. The number of anilines is 1. The van der Waals surface area contributed by atoms with Crippen molar-refractivity contribution in [1.29, 1.82) is 0 Å². The lowest BCUT2D eigenvalue weighted by Crippen LogP contribution is -2.32. The number of rotatable bonds is 9. The summed E-state index contributed by atoms with van der Waals surface area (Å²) in [6, 6.07) is 8.18. The highest BCUT2D eigenvalue weighted by molar-refractivity contribution is 5.87. The van der Waals surface area contributed by atoms with Crippen LogP contribution < -0.4 is 10.1 Å². The molecule has 0 bridgehead atoms. The van der Waals surface area contributed by atoms with Gasteiger partial charge in [-0.25, -0.2) is 15.0 Å². The van der Waals surface area contributed by atoms with Gasteiger partial charge >= 0.3 is 0 Å². The predicted molar refractivity (Wildman–Crippen MR) is 134 cm³/mol. The minimum absolute atomic E-state index is 0.319. The average molecular weight is 461 g/mol. The van der Waals surface area contributed by atoms with E-state index in [2.05, 4.69) is 38.6 Å². The maximum absolute atomic E-state index is 6.00. The van der Waals surface area contributed by atoms with Gasteiger partial charge in [-0.05, 0) is 45.4 Å². The average Bonchev–Trinajstić information content (AvgIpc) is 3.16. The molecule has 0 aliphatic carbocycles. The zero-order chi connectivity index (χ0) is 24.3. The van der Waals surface area contributed by atoms with Crippen LogP contribution in [-0.4, -0.2) is 50.6 Å². The first kappa shape index (κ1) is 23.6. The van der Waals surface area contributed by atoms with E-state index in [1.165, 1.54) is 0 Å². The molecule has 0 atom stereocenters. The van der Waals surface area contributed by atoms with Gasteiger partial charge in [-0.3, -0.25) is 4.68 Å². The second-order valence-electron chi connectivity index (χ2n) is 8.94. The normalized spacial score (nSPS) is 11.7. The summed E-state index contributed by atoms with van der Waals surface area (Å²) in [6.45, 7) is 9.24. The Morgan fingerprint density at radius 1 is 1.15 bits per heavy atom. The van der Waals surface area contributed by atoms with Crippen LogP contribution in [0.4, 0.5) is 5.82 Å². The van der Waals surface area contributed by atoms with Crippen LogP contribution >= 0.6 is 0 Å². The van der Waals surface area contributed by atoms with Crippen LogP contribution in [0.15, 0.2) is 42.9 Å². The van der Waals surface area contributed by atoms with Crippen molar-refractivity contribution in [3.63, 3.8) is 0 Å². The molecule has 4 aromatic rings. The Bertz CT molecular complexity index is 1300. The molecule has 1 N–H and O–H groups in total. The molecule has 0 saturated heterocycles. The number of hydrogen-bond acceptors (Lipinski definition) is 7. The number of fused-ring (bicyclic) bond motifs is 1. The van der Waals surface area contributed by atoms with E-state index in [0.29, 0.717) is 25.4 Å².